The van der Waals surface area contributed by atoms with E-state index >= 15 is 0 Å². The number of benzene rings is 3. The van der Waals surface area contributed by atoms with Crippen LogP contribution in [-0.2, 0) is 0 Å². The standard InChI is InChI=1S/C28H29F3O2/c1-2-3-4-5-18-6-8-19(9-7-18)20-11-13-24(25(29)15-20)28(32)33-23-12-10-21-16-26(30)27(31)17-22(21)14-23/h10-19H,2-9H2,1H3. The Kier molecular flexibility index (Phi) is 7.36. The molecular weight excluding hydrogens is 425 g/mol. The molecule has 174 valence electrons. The maximum atomic E-state index is 14.8. The third-order valence-electron chi connectivity index (χ3n) is 6.81. The van der Waals surface area contributed by atoms with Crippen molar-refractivity contribution in [2.24, 2.45) is 5.92 Å². The molecule has 0 saturated heterocycles. The van der Waals surface area contributed by atoms with Gasteiger partial charge >= 0.3 is 5.97 Å². The predicted molar refractivity (Wildman–Crippen MR) is 124 cm³/mol. The Labute approximate surface area is 192 Å². The van der Waals surface area contributed by atoms with Gasteiger partial charge in [-0.25, -0.2) is 18.0 Å². The molecule has 0 unspecified atom stereocenters. The number of esters is 1. The van der Waals surface area contributed by atoms with Crippen LogP contribution in [0.4, 0.5) is 13.2 Å². The van der Waals surface area contributed by atoms with Crippen molar-refractivity contribution in [3.05, 3.63) is 77.1 Å². The molecular formula is C28H29F3O2. The van der Waals surface area contributed by atoms with Crippen LogP contribution >= 0.6 is 0 Å². The summed E-state index contributed by atoms with van der Waals surface area (Å²) in [5, 5.41) is 0.865. The molecule has 2 nitrogen and oxygen atoms in total. The summed E-state index contributed by atoms with van der Waals surface area (Å²) in [5.74, 6) is -2.11. The van der Waals surface area contributed by atoms with Crippen LogP contribution in [0.5, 0.6) is 5.75 Å². The first-order valence-corrected chi connectivity index (χ1v) is 11.8. The minimum atomic E-state index is -0.984. The highest BCUT2D eigenvalue weighted by molar-refractivity contribution is 5.92. The molecule has 3 aromatic rings. The molecule has 0 heterocycles. The highest BCUT2D eigenvalue weighted by atomic mass is 19.2. The molecule has 0 N–H and O–H groups in total. The number of ether oxygens (including phenoxy) is 1. The molecule has 0 aromatic heterocycles. The molecule has 0 amide bonds. The van der Waals surface area contributed by atoms with Crippen molar-refractivity contribution < 1.29 is 22.7 Å². The Morgan fingerprint density at radius 2 is 1.58 bits per heavy atom. The Morgan fingerprint density at radius 3 is 2.27 bits per heavy atom. The van der Waals surface area contributed by atoms with Crippen LogP contribution in [0.15, 0.2) is 48.5 Å². The zero-order valence-corrected chi connectivity index (χ0v) is 18.9. The Hall–Kier alpha value is -2.82. The summed E-state index contributed by atoms with van der Waals surface area (Å²) in [7, 11) is 0. The number of carbonyl (C=O) groups excluding carboxylic acids is 1. The SMILES string of the molecule is CCCCCC1CCC(c2ccc(C(=O)Oc3ccc4cc(F)c(F)cc4c3)c(F)c2)CC1. The molecule has 33 heavy (non-hydrogen) atoms. The predicted octanol–water partition coefficient (Wildman–Crippen LogP) is 8.33. The second-order valence-corrected chi connectivity index (χ2v) is 9.12. The highest BCUT2D eigenvalue weighted by Gasteiger charge is 2.24. The molecule has 1 fully saturated rings. The average molecular weight is 455 g/mol. The summed E-state index contributed by atoms with van der Waals surface area (Å²) in [6, 6.07) is 11.3. The van der Waals surface area contributed by atoms with Crippen molar-refractivity contribution >= 4 is 16.7 Å². The number of hydrogen-bond donors (Lipinski definition) is 0. The third kappa shape index (κ3) is 5.58. The maximum Gasteiger partial charge on any atom is 0.346 e. The van der Waals surface area contributed by atoms with Gasteiger partial charge in [0.2, 0.25) is 0 Å². The molecule has 0 spiro atoms. The van der Waals surface area contributed by atoms with Gasteiger partial charge < -0.3 is 4.74 Å². The fourth-order valence-electron chi connectivity index (χ4n) is 4.86. The fraction of sp³-hybridized carbons (Fsp3) is 0.393. The van der Waals surface area contributed by atoms with Gasteiger partial charge in [0.1, 0.15) is 11.6 Å². The third-order valence-corrected chi connectivity index (χ3v) is 6.81. The second-order valence-electron chi connectivity index (χ2n) is 9.12. The molecule has 4 rings (SSSR count). The van der Waals surface area contributed by atoms with E-state index in [2.05, 4.69) is 6.92 Å². The van der Waals surface area contributed by atoms with E-state index in [0.717, 1.165) is 36.5 Å². The first-order valence-electron chi connectivity index (χ1n) is 11.8. The molecule has 1 aliphatic rings. The van der Waals surface area contributed by atoms with Gasteiger partial charge in [0, 0.05) is 0 Å². The first kappa shape index (κ1) is 23.3. The zero-order chi connectivity index (χ0) is 23.4. The van der Waals surface area contributed by atoms with Crippen LogP contribution in [0.1, 0.15) is 80.1 Å². The molecule has 0 bridgehead atoms. The first-order chi connectivity index (χ1) is 15.9. The zero-order valence-electron chi connectivity index (χ0n) is 18.9. The molecule has 3 aromatic carbocycles. The van der Waals surface area contributed by atoms with Crippen molar-refractivity contribution in [1.29, 1.82) is 0 Å². The average Bonchev–Trinajstić information content (AvgIpc) is 2.80. The Bertz CT molecular complexity index is 1130. The summed E-state index contributed by atoms with van der Waals surface area (Å²) in [6.07, 6.45) is 9.55. The minimum Gasteiger partial charge on any atom is -0.423 e. The van der Waals surface area contributed by atoms with Crippen molar-refractivity contribution in [2.45, 2.75) is 64.2 Å². The van der Waals surface area contributed by atoms with E-state index in [1.165, 1.54) is 68.9 Å². The lowest BCUT2D eigenvalue weighted by Crippen LogP contribution is -2.15. The maximum absolute atomic E-state index is 14.8. The number of halogens is 3. The topological polar surface area (TPSA) is 26.3 Å². The summed E-state index contributed by atoms with van der Waals surface area (Å²) < 4.78 is 47.0. The second kappa shape index (κ2) is 10.4. The summed E-state index contributed by atoms with van der Waals surface area (Å²) in [6.45, 7) is 2.22. The molecule has 1 saturated carbocycles. The van der Waals surface area contributed by atoms with Crippen molar-refractivity contribution in [3.63, 3.8) is 0 Å². The molecule has 5 heteroatoms. The van der Waals surface area contributed by atoms with E-state index in [4.69, 9.17) is 4.74 Å². The summed E-state index contributed by atoms with van der Waals surface area (Å²) in [4.78, 5) is 12.6. The monoisotopic (exact) mass is 454 g/mol. The lowest BCUT2D eigenvalue weighted by atomic mass is 9.77. The van der Waals surface area contributed by atoms with Crippen LogP contribution in [0, 0.1) is 23.4 Å². The molecule has 0 aliphatic heterocycles. The van der Waals surface area contributed by atoms with Crippen LogP contribution in [-0.4, -0.2) is 5.97 Å². The largest absolute Gasteiger partial charge is 0.423 e. The van der Waals surface area contributed by atoms with Gasteiger partial charge in [-0.15, -0.1) is 0 Å². The van der Waals surface area contributed by atoms with Gasteiger partial charge in [-0.05, 0) is 90.3 Å². The van der Waals surface area contributed by atoms with Gasteiger partial charge in [-0.3, -0.25) is 0 Å². The lowest BCUT2D eigenvalue weighted by molar-refractivity contribution is 0.0730. The Morgan fingerprint density at radius 1 is 0.848 bits per heavy atom. The van der Waals surface area contributed by atoms with Crippen molar-refractivity contribution in [2.75, 3.05) is 0 Å². The van der Waals surface area contributed by atoms with E-state index in [0.29, 0.717) is 16.7 Å². The normalized spacial score (nSPS) is 18.4. The van der Waals surface area contributed by atoms with Gasteiger partial charge in [0.15, 0.2) is 11.6 Å². The number of carbonyl (C=O) groups is 1. The van der Waals surface area contributed by atoms with Crippen LogP contribution in [0.2, 0.25) is 0 Å². The van der Waals surface area contributed by atoms with E-state index in [-0.39, 0.29) is 11.3 Å². The number of hydrogen-bond acceptors (Lipinski definition) is 2. The van der Waals surface area contributed by atoms with Crippen molar-refractivity contribution in [3.8, 4) is 5.75 Å². The quantitative estimate of drug-likeness (QED) is 0.204. The van der Waals surface area contributed by atoms with Crippen LogP contribution in [0.25, 0.3) is 10.8 Å². The molecule has 0 radical (unpaired) electrons. The fourth-order valence-corrected chi connectivity index (χ4v) is 4.86. The van der Waals surface area contributed by atoms with E-state index in [1.807, 2.05) is 6.07 Å². The van der Waals surface area contributed by atoms with E-state index < -0.39 is 23.4 Å². The van der Waals surface area contributed by atoms with E-state index in [1.54, 1.807) is 0 Å². The molecule has 1 aliphatic carbocycles. The summed E-state index contributed by atoms with van der Waals surface area (Å²) in [5.41, 5.74) is 0.789. The van der Waals surface area contributed by atoms with Crippen molar-refractivity contribution in [1.82, 2.24) is 0 Å². The van der Waals surface area contributed by atoms with Gasteiger partial charge in [0.25, 0.3) is 0 Å². The number of unbranched alkanes of at least 4 members (excludes halogenated alkanes) is 2. The van der Waals surface area contributed by atoms with E-state index in [9.17, 15) is 18.0 Å². The minimum absolute atomic E-state index is 0.141. The number of fused-ring (bicyclic) bond motifs is 1. The van der Waals surface area contributed by atoms with Gasteiger partial charge in [-0.1, -0.05) is 44.7 Å². The molecule has 0 atom stereocenters. The van der Waals surface area contributed by atoms with Gasteiger partial charge in [-0.2, -0.15) is 0 Å². The number of rotatable bonds is 7. The smallest absolute Gasteiger partial charge is 0.346 e. The highest BCUT2D eigenvalue weighted by Crippen LogP contribution is 2.38. The summed E-state index contributed by atoms with van der Waals surface area (Å²) >= 11 is 0. The van der Waals surface area contributed by atoms with Gasteiger partial charge in [0.05, 0.1) is 5.56 Å². The van der Waals surface area contributed by atoms with Crippen LogP contribution < -0.4 is 4.74 Å². The lowest BCUT2D eigenvalue weighted by Gasteiger charge is -2.29. The Balaban J connectivity index is 1.40. The van der Waals surface area contributed by atoms with Crippen LogP contribution in [0.3, 0.4) is 0 Å².